The number of pyridine rings is 1. The number of aromatic nitrogens is 3. The number of rotatable bonds is 4. The summed E-state index contributed by atoms with van der Waals surface area (Å²) in [5, 5.41) is 9.34. The van der Waals surface area contributed by atoms with Gasteiger partial charge in [0.2, 0.25) is 0 Å². The summed E-state index contributed by atoms with van der Waals surface area (Å²) < 4.78 is 0. The summed E-state index contributed by atoms with van der Waals surface area (Å²) in [6.45, 7) is 6.25. The fourth-order valence-corrected chi connectivity index (χ4v) is 3.16. The second kappa shape index (κ2) is 7.04. The first-order valence-corrected chi connectivity index (χ1v) is 8.35. The number of piperidine rings is 1. The Labute approximate surface area is 137 Å². The minimum atomic E-state index is 0.284. The molecular weight excluding hydrogens is 288 g/mol. The summed E-state index contributed by atoms with van der Waals surface area (Å²) in [5.41, 5.74) is 4.25. The van der Waals surface area contributed by atoms with E-state index < -0.39 is 0 Å². The molecule has 3 rings (SSSR count). The molecule has 1 aliphatic rings. The fraction of sp³-hybridized carbons (Fsp3) is 0.500. The van der Waals surface area contributed by atoms with E-state index in [1.54, 1.807) is 6.33 Å². The van der Waals surface area contributed by atoms with Crippen molar-refractivity contribution in [1.29, 1.82) is 0 Å². The van der Waals surface area contributed by atoms with Crippen molar-refractivity contribution in [3.8, 4) is 11.1 Å². The highest BCUT2D eigenvalue weighted by atomic mass is 16.3. The van der Waals surface area contributed by atoms with Crippen LogP contribution in [0.15, 0.2) is 24.7 Å². The number of aliphatic hydroxyl groups excluding tert-OH is 1. The Morgan fingerprint density at radius 1 is 1.17 bits per heavy atom. The second-order valence-corrected chi connectivity index (χ2v) is 6.17. The molecule has 5 heteroatoms. The highest BCUT2D eigenvalue weighted by molar-refractivity contribution is 5.77. The van der Waals surface area contributed by atoms with Crippen LogP contribution in [0.2, 0.25) is 0 Å². The molecule has 0 amide bonds. The first kappa shape index (κ1) is 15.9. The zero-order valence-electron chi connectivity index (χ0n) is 13.9. The van der Waals surface area contributed by atoms with E-state index in [0.29, 0.717) is 5.92 Å². The molecule has 0 aliphatic carbocycles. The highest BCUT2D eigenvalue weighted by Gasteiger charge is 2.23. The van der Waals surface area contributed by atoms with Crippen molar-refractivity contribution in [3.63, 3.8) is 0 Å². The van der Waals surface area contributed by atoms with Crippen molar-refractivity contribution >= 4 is 5.82 Å². The van der Waals surface area contributed by atoms with Crippen LogP contribution in [0.5, 0.6) is 0 Å². The van der Waals surface area contributed by atoms with Crippen molar-refractivity contribution in [2.75, 3.05) is 24.6 Å². The normalized spacial score (nSPS) is 15.9. The van der Waals surface area contributed by atoms with Crippen molar-refractivity contribution in [1.82, 2.24) is 15.0 Å². The lowest BCUT2D eigenvalue weighted by molar-refractivity contribution is 0.203. The average molecular weight is 312 g/mol. The molecule has 0 spiro atoms. The monoisotopic (exact) mass is 312 g/mol. The van der Waals surface area contributed by atoms with Gasteiger partial charge in [-0.25, -0.2) is 9.97 Å². The van der Waals surface area contributed by atoms with Gasteiger partial charge in [0.1, 0.15) is 12.1 Å². The molecule has 5 nitrogen and oxygen atoms in total. The van der Waals surface area contributed by atoms with Gasteiger partial charge < -0.3 is 10.0 Å². The van der Waals surface area contributed by atoms with Crippen LogP contribution in [0.3, 0.4) is 0 Å². The number of anilines is 1. The van der Waals surface area contributed by atoms with E-state index >= 15 is 0 Å². The van der Waals surface area contributed by atoms with E-state index in [1.807, 2.05) is 19.2 Å². The quantitative estimate of drug-likeness (QED) is 0.940. The third kappa shape index (κ3) is 3.34. The predicted octanol–water partition coefficient (Wildman–Crippen LogP) is 2.62. The standard InChI is InChI=1S/C18H24N4O/c1-3-16-17(15-5-4-13(2)19-10-15)18(21-12-20-16)22-8-6-14(11-23)7-9-22/h4-5,10,12,14,23H,3,6-9,11H2,1-2H3. The van der Waals surface area contributed by atoms with Gasteiger partial charge in [-0.15, -0.1) is 0 Å². The maximum atomic E-state index is 9.34. The largest absolute Gasteiger partial charge is 0.396 e. The lowest BCUT2D eigenvalue weighted by atomic mass is 9.96. The Morgan fingerprint density at radius 2 is 1.96 bits per heavy atom. The zero-order chi connectivity index (χ0) is 16.2. The topological polar surface area (TPSA) is 62.1 Å². The van der Waals surface area contributed by atoms with Crippen molar-refractivity contribution < 1.29 is 5.11 Å². The van der Waals surface area contributed by atoms with Gasteiger partial charge in [0.15, 0.2) is 0 Å². The van der Waals surface area contributed by atoms with Crippen LogP contribution in [0, 0.1) is 12.8 Å². The maximum absolute atomic E-state index is 9.34. The lowest BCUT2D eigenvalue weighted by Gasteiger charge is -2.33. The van der Waals surface area contributed by atoms with Gasteiger partial charge in [-0.05, 0) is 38.2 Å². The van der Waals surface area contributed by atoms with Crippen molar-refractivity contribution in [2.24, 2.45) is 5.92 Å². The predicted molar refractivity (Wildman–Crippen MR) is 91.4 cm³/mol. The molecule has 3 heterocycles. The van der Waals surface area contributed by atoms with E-state index in [0.717, 1.165) is 60.7 Å². The van der Waals surface area contributed by atoms with Crippen LogP contribution in [0.25, 0.3) is 11.1 Å². The SMILES string of the molecule is CCc1ncnc(N2CCC(CO)CC2)c1-c1ccc(C)nc1. The van der Waals surface area contributed by atoms with Gasteiger partial charge in [0.05, 0.1) is 5.69 Å². The molecular formula is C18H24N4O. The molecule has 1 saturated heterocycles. The third-order valence-corrected chi connectivity index (χ3v) is 4.61. The van der Waals surface area contributed by atoms with Crippen molar-refractivity contribution in [2.45, 2.75) is 33.1 Å². The Kier molecular flexibility index (Phi) is 4.86. The molecule has 0 saturated carbocycles. The fourth-order valence-electron chi connectivity index (χ4n) is 3.16. The van der Waals surface area contributed by atoms with E-state index in [-0.39, 0.29) is 6.61 Å². The van der Waals surface area contributed by atoms with Crippen LogP contribution >= 0.6 is 0 Å². The first-order chi connectivity index (χ1) is 11.2. The molecule has 1 N–H and O–H groups in total. The van der Waals surface area contributed by atoms with Crippen LogP contribution in [0.1, 0.15) is 31.2 Å². The molecule has 2 aromatic rings. The molecule has 23 heavy (non-hydrogen) atoms. The molecule has 1 aliphatic heterocycles. The van der Waals surface area contributed by atoms with E-state index in [1.165, 1.54) is 0 Å². The zero-order valence-corrected chi connectivity index (χ0v) is 13.9. The van der Waals surface area contributed by atoms with Gasteiger partial charge >= 0.3 is 0 Å². The molecule has 122 valence electrons. The van der Waals surface area contributed by atoms with E-state index in [9.17, 15) is 5.11 Å². The molecule has 0 atom stereocenters. The number of hydrogen-bond donors (Lipinski definition) is 1. The summed E-state index contributed by atoms with van der Waals surface area (Å²) in [6.07, 6.45) is 6.46. The van der Waals surface area contributed by atoms with Crippen LogP contribution in [-0.4, -0.2) is 39.8 Å². The Bertz CT molecular complexity index is 649. The van der Waals surface area contributed by atoms with Gasteiger partial charge in [-0.1, -0.05) is 13.0 Å². The number of aryl methyl sites for hydroxylation is 2. The first-order valence-electron chi connectivity index (χ1n) is 8.35. The molecule has 0 unspecified atom stereocenters. The molecule has 0 bridgehead atoms. The third-order valence-electron chi connectivity index (χ3n) is 4.61. The average Bonchev–Trinajstić information content (AvgIpc) is 2.62. The number of hydrogen-bond acceptors (Lipinski definition) is 5. The van der Waals surface area contributed by atoms with Crippen molar-refractivity contribution in [3.05, 3.63) is 36.0 Å². The van der Waals surface area contributed by atoms with Gasteiger partial charge in [-0.3, -0.25) is 4.98 Å². The van der Waals surface area contributed by atoms with Gasteiger partial charge in [0, 0.05) is 42.7 Å². The molecule has 2 aromatic heterocycles. The summed E-state index contributed by atoms with van der Waals surface area (Å²) >= 11 is 0. The van der Waals surface area contributed by atoms with Gasteiger partial charge in [0.25, 0.3) is 0 Å². The van der Waals surface area contributed by atoms with E-state index in [4.69, 9.17) is 0 Å². The highest BCUT2D eigenvalue weighted by Crippen LogP contribution is 2.33. The smallest absolute Gasteiger partial charge is 0.140 e. The van der Waals surface area contributed by atoms with E-state index in [2.05, 4.69) is 32.8 Å². The number of nitrogens with zero attached hydrogens (tertiary/aromatic N) is 4. The summed E-state index contributed by atoms with van der Waals surface area (Å²) in [7, 11) is 0. The summed E-state index contributed by atoms with van der Waals surface area (Å²) in [5.74, 6) is 1.42. The maximum Gasteiger partial charge on any atom is 0.140 e. The Balaban J connectivity index is 1.99. The molecule has 1 fully saturated rings. The van der Waals surface area contributed by atoms with Crippen LogP contribution in [0.4, 0.5) is 5.82 Å². The van der Waals surface area contributed by atoms with Crippen LogP contribution < -0.4 is 4.90 Å². The molecule has 0 radical (unpaired) electrons. The second-order valence-electron chi connectivity index (χ2n) is 6.17. The minimum absolute atomic E-state index is 0.284. The van der Waals surface area contributed by atoms with Crippen LogP contribution in [-0.2, 0) is 6.42 Å². The number of aliphatic hydroxyl groups is 1. The summed E-state index contributed by atoms with van der Waals surface area (Å²) in [4.78, 5) is 15.8. The lowest BCUT2D eigenvalue weighted by Crippen LogP contribution is -2.35. The summed E-state index contributed by atoms with van der Waals surface area (Å²) in [6, 6.07) is 4.13. The Morgan fingerprint density at radius 3 is 2.57 bits per heavy atom. The minimum Gasteiger partial charge on any atom is -0.396 e. The Hall–Kier alpha value is -2.01. The van der Waals surface area contributed by atoms with Gasteiger partial charge in [-0.2, -0.15) is 0 Å². The molecule has 0 aromatic carbocycles.